The lowest BCUT2D eigenvalue weighted by Gasteiger charge is -2.09. The summed E-state index contributed by atoms with van der Waals surface area (Å²) in [5.41, 5.74) is 1.41. The molecule has 0 aliphatic heterocycles. The summed E-state index contributed by atoms with van der Waals surface area (Å²) in [6, 6.07) is 12.7. The molecular weight excluding hydrogens is 306 g/mol. The zero-order valence-electron chi connectivity index (χ0n) is 14.0. The van der Waals surface area contributed by atoms with Gasteiger partial charge in [0.1, 0.15) is 17.2 Å². The number of amides is 1. The Hall–Kier alpha value is -2.95. The van der Waals surface area contributed by atoms with E-state index in [1.807, 2.05) is 37.3 Å². The Labute approximate surface area is 141 Å². The van der Waals surface area contributed by atoms with Crippen LogP contribution in [0, 0.1) is 0 Å². The minimum absolute atomic E-state index is 0.243. The zero-order chi connectivity index (χ0) is 17.4. The first-order valence-corrected chi connectivity index (χ1v) is 7.60. The Balaban J connectivity index is 2.08. The van der Waals surface area contributed by atoms with Gasteiger partial charge in [0.15, 0.2) is 0 Å². The number of hydrogen-bond donors (Lipinski definition) is 1. The molecule has 0 atom stereocenters. The molecule has 0 aliphatic rings. The summed E-state index contributed by atoms with van der Waals surface area (Å²) < 4.78 is 16.0. The summed E-state index contributed by atoms with van der Waals surface area (Å²) >= 11 is 0. The minimum Gasteiger partial charge on any atom is -0.496 e. The molecule has 0 aliphatic carbocycles. The molecule has 2 rings (SSSR count). The van der Waals surface area contributed by atoms with Crippen LogP contribution in [0.3, 0.4) is 0 Å². The summed E-state index contributed by atoms with van der Waals surface area (Å²) in [5, 5.41) is 2.79. The van der Waals surface area contributed by atoms with E-state index in [0.29, 0.717) is 29.4 Å². The van der Waals surface area contributed by atoms with Gasteiger partial charge in [0.25, 0.3) is 0 Å². The molecule has 0 spiro atoms. The van der Waals surface area contributed by atoms with Crippen molar-refractivity contribution in [2.45, 2.75) is 6.92 Å². The van der Waals surface area contributed by atoms with Crippen LogP contribution in [-0.2, 0) is 4.79 Å². The fourth-order valence-electron chi connectivity index (χ4n) is 2.19. The van der Waals surface area contributed by atoms with Crippen LogP contribution in [0.4, 0.5) is 5.69 Å². The predicted octanol–water partition coefficient (Wildman–Crippen LogP) is 3.75. The first kappa shape index (κ1) is 17.4. The van der Waals surface area contributed by atoms with E-state index in [2.05, 4.69) is 5.32 Å². The molecule has 0 bridgehead atoms. The molecule has 0 saturated carbocycles. The van der Waals surface area contributed by atoms with Crippen molar-refractivity contribution < 1.29 is 19.0 Å². The van der Waals surface area contributed by atoms with Gasteiger partial charge in [0.05, 0.1) is 26.4 Å². The molecule has 2 aromatic rings. The number of methoxy groups -OCH3 is 2. The first-order valence-electron chi connectivity index (χ1n) is 7.60. The maximum Gasteiger partial charge on any atom is 0.248 e. The SMILES string of the molecule is CCOc1ccc(NC(=O)/C=C/c2c(OC)cccc2OC)cc1. The molecule has 5 heteroatoms. The van der Waals surface area contributed by atoms with Gasteiger partial charge in [0.2, 0.25) is 5.91 Å². The van der Waals surface area contributed by atoms with Gasteiger partial charge in [0, 0.05) is 11.8 Å². The van der Waals surface area contributed by atoms with Crippen molar-refractivity contribution in [3.8, 4) is 17.2 Å². The number of rotatable bonds is 7. The number of benzene rings is 2. The maximum atomic E-state index is 12.1. The van der Waals surface area contributed by atoms with Crippen LogP contribution in [0.15, 0.2) is 48.5 Å². The van der Waals surface area contributed by atoms with Crippen molar-refractivity contribution in [2.75, 3.05) is 26.1 Å². The number of anilines is 1. The minimum atomic E-state index is -0.243. The molecule has 2 aromatic carbocycles. The van der Waals surface area contributed by atoms with Gasteiger partial charge in [-0.05, 0) is 49.4 Å². The van der Waals surface area contributed by atoms with Crippen molar-refractivity contribution in [1.29, 1.82) is 0 Å². The smallest absolute Gasteiger partial charge is 0.248 e. The normalized spacial score (nSPS) is 10.5. The Morgan fingerprint density at radius 3 is 2.21 bits per heavy atom. The predicted molar refractivity (Wildman–Crippen MR) is 94.8 cm³/mol. The Bertz CT molecular complexity index is 686. The van der Waals surface area contributed by atoms with Crippen molar-refractivity contribution in [3.63, 3.8) is 0 Å². The van der Waals surface area contributed by atoms with Crippen LogP contribution in [0.2, 0.25) is 0 Å². The quantitative estimate of drug-likeness (QED) is 0.787. The largest absolute Gasteiger partial charge is 0.496 e. The third-order valence-electron chi connectivity index (χ3n) is 3.30. The second-order valence-electron chi connectivity index (χ2n) is 4.86. The van der Waals surface area contributed by atoms with Crippen molar-refractivity contribution >= 4 is 17.7 Å². The number of hydrogen-bond acceptors (Lipinski definition) is 4. The monoisotopic (exact) mass is 327 g/mol. The van der Waals surface area contributed by atoms with E-state index in [1.54, 1.807) is 32.4 Å². The highest BCUT2D eigenvalue weighted by atomic mass is 16.5. The number of ether oxygens (including phenoxy) is 3. The molecule has 0 unspecified atom stereocenters. The van der Waals surface area contributed by atoms with E-state index in [9.17, 15) is 4.79 Å². The molecular formula is C19H21NO4. The average Bonchev–Trinajstić information content (AvgIpc) is 2.61. The van der Waals surface area contributed by atoms with Gasteiger partial charge in [-0.3, -0.25) is 4.79 Å². The molecule has 5 nitrogen and oxygen atoms in total. The molecule has 0 fully saturated rings. The second-order valence-corrected chi connectivity index (χ2v) is 4.86. The van der Waals surface area contributed by atoms with Crippen LogP contribution in [-0.4, -0.2) is 26.7 Å². The highest BCUT2D eigenvalue weighted by molar-refractivity contribution is 6.02. The molecule has 24 heavy (non-hydrogen) atoms. The van der Waals surface area contributed by atoms with Crippen molar-refractivity contribution in [3.05, 3.63) is 54.1 Å². The summed E-state index contributed by atoms with van der Waals surface area (Å²) in [4.78, 5) is 12.1. The van der Waals surface area contributed by atoms with Gasteiger partial charge < -0.3 is 19.5 Å². The average molecular weight is 327 g/mol. The summed E-state index contributed by atoms with van der Waals surface area (Å²) in [5.74, 6) is 1.80. The van der Waals surface area contributed by atoms with E-state index in [4.69, 9.17) is 14.2 Å². The number of carbonyl (C=O) groups excluding carboxylic acids is 1. The number of carbonyl (C=O) groups is 1. The van der Waals surface area contributed by atoms with Gasteiger partial charge in [-0.25, -0.2) is 0 Å². The Morgan fingerprint density at radius 1 is 1.04 bits per heavy atom. The van der Waals surface area contributed by atoms with E-state index in [-0.39, 0.29) is 5.91 Å². The topological polar surface area (TPSA) is 56.8 Å². The van der Waals surface area contributed by atoms with Crippen LogP contribution >= 0.6 is 0 Å². The second kappa shape index (κ2) is 8.62. The first-order chi connectivity index (χ1) is 11.7. The third kappa shape index (κ3) is 4.52. The van der Waals surface area contributed by atoms with Crippen LogP contribution in [0.5, 0.6) is 17.2 Å². The maximum absolute atomic E-state index is 12.1. The van der Waals surface area contributed by atoms with Crippen molar-refractivity contribution in [1.82, 2.24) is 0 Å². The fraction of sp³-hybridized carbons (Fsp3) is 0.211. The fourth-order valence-corrected chi connectivity index (χ4v) is 2.19. The van der Waals surface area contributed by atoms with E-state index < -0.39 is 0 Å². The van der Waals surface area contributed by atoms with Crippen LogP contribution < -0.4 is 19.5 Å². The van der Waals surface area contributed by atoms with Crippen molar-refractivity contribution in [2.24, 2.45) is 0 Å². The molecule has 126 valence electrons. The van der Waals surface area contributed by atoms with Gasteiger partial charge in [-0.15, -0.1) is 0 Å². The molecule has 0 radical (unpaired) electrons. The van der Waals surface area contributed by atoms with E-state index >= 15 is 0 Å². The molecule has 0 heterocycles. The van der Waals surface area contributed by atoms with E-state index in [1.165, 1.54) is 6.08 Å². The highest BCUT2D eigenvalue weighted by Gasteiger charge is 2.07. The summed E-state index contributed by atoms with van der Waals surface area (Å²) in [6.07, 6.45) is 3.11. The summed E-state index contributed by atoms with van der Waals surface area (Å²) in [7, 11) is 3.15. The molecule has 1 amide bonds. The lowest BCUT2D eigenvalue weighted by Crippen LogP contribution is -2.07. The van der Waals surface area contributed by atoms with Crippen LogP contribution in [0.1, 0.15) is 12.5 Å². The lowest BCUT2D eigenvalue weighted by molar-refractivity contribution is -0.111. The molecule has 0 saturated heterocycles. The number of nitrogens with one attached hydrogen (secondary N) is 1. The summed E-state index contributed by atoms with van der Waals surface area (Å²) in [6.45, 7) is 2.53. The van der Waals surface area contributed by atoms with E-state index in [0.717, 1.165) is 5.75 Å². The Morgan fingerprint density at radius 2 is 1.67 bits per heavy atom. The molecule has 0 aromatic heterocycles. The highest BCUT2D eigenvalue weighted by Crippen LogP contribution is 2.29. The Kier molecular flexibility index (Phi) is 6.25. The lowest BCUT2D eigenvalue weighted by atomic mass is 10.1. The standard InChI is InChI=1S/C19H21NO4/c1-4-24-15-10-8-14(9-11-15)20-19(21)13-12-16-17(22-2)6-5-7-18(16)23-3/h5-13H,4H2,1-3H3,(H,20,21)/b13-12+. The van der Waals surface area contributed by atoms with Gasteiger partial charge >= 0.3 is 0 Å². The van der Waals surface area contributed by atoms with Crippen LogP contribution in [0.25, 0.3) is 6.08 Å². The van der Waals surface area contributed by atoms with Gasteiger partial charge in [-0.1, -0.05) is 6.07 Å². The zero-order valence-corrected chi connectivity index (χ0v) is 14.0. The van der Waals surface area contributed by atoms with Gasteiger partial charge in [-0.2, -0.15) is 0 Å². The molecule has 1 N–H and O–H groups in total. The third-order valence-corrected chi connectivity index (χ3v) is 3.30.